The minimum Gasteiger partial charge on any atom is -0.208 e. The number of hydrogen-bond acceptors (Lipinski definition) is 3. The lowest BCUT2D eigenvalue weighted by atomic mass is 10.2. The minimum atomic E-state index is -0.990. The third-order valence-electron chi connectivity index (χ3n) is 1.62. The number of hydrogen-bond donors (Lipinski definition) is 0. The van der Waals surface area contributed by atoms with Crippen molar-refractivity contribution in [2.24, 2.45) is 0 Å². The fourth-order valence-electron chi connectivity index (χ4n) is 1.05. The van der Waals surface area contributed by atoms with E-state index in [2.05, 4.69) is 25.3 Å². The van der Waals surface area contributed by atoms with Gasteiger partial charge in [-0.1, -0.05) is 0 Å². The smallest absolute Gasteiger partial charge is 0.208 e. The Hall–Kier alpha value is -0.950. The van der Waals surface area contributed by atoms with E-state index in [9.17, 15) is 13.2 Å². The van der Waals surface area contributed by atoms with Gasteiger partial charge >= 0.3 is 0 Å². The maximum absolute atomic E-state index is 13.2. The fourth-order valence-corrected chi connectivity index (χ4v) is 2.18. The quantitative estimate of drug-likeness (QED) is 0.806. The first-order chi connectivity index (χ1) is 7.08. The monoisotopic (exact) mass is 294 g/mol. The second kappa shape index (κ2) is 3.90. The van der Waals surface area contributed by atoms with Crippen LogP contribution in [0, 0.1) is 17.5 Å². The van der Waals surface area contributed by atoms with Crippen molar-refractivity contribution in [3.05, 3.63) is 34.3 Å². The summed E-state index contributed by atoms with van der Waals surface area (Å²) in [6, 6.07) is 1.21. The number of halogens is 4. The predicted octanol–water partition coefficient (Wildman–Crippen LogP) is 3.38. The average molecular weight is 295 g/mol. The molecule has 0 amide bonds. The zero-order chi connectivity index (χ0) is 11.0. The number of rotatable bonds is 1. The molecular weight excluding hydrogens is 293 g/mol. The SMILES string of the molecule is Fc1cc(F)c(-c2nc(Br)ns2)c(F)c1. The molecule has 0 aliphatic carbocycles. The lowest BCUT2D eigenvalue weighted by molar-refractivity contribution is 0.548. The van der Waals surface area contributed by atoms with Gasteiger partial charge in [0.25, 0.3) is 0 Å². The Morgan fingerprint density at radius 3 is 2.20 bits per heavy atom. The largest absolute Gasteiger partial charge is 0.209 e. The molecule has 0 unspecified atom stereocenters. The third kappa shape index (κ3) is 2.03. The number of aromatic nitrogens is 2. The Bertz CT molecular complexity index is 491. The molecule has 78 valence electrons. The molecule has 0 aliphatic rings. The van der Waals surface area contributed by atoms with Crippen molar-refractivity contribution >= 4 is 27.5 Å². The highest BCUT2D eigenvalue weighted by molar-refractivity contribution is 9.10. The van der Waals surface area contributed by atoms with Crippen LogP contribution in [0.2, 0.25) is 0 Å². The van der Waals surface area contributed by atoms with E-state index in [4.69, 9.17) is 0 Å². The van der Waals surface area contributed by atoms with Crippen LogP contribution in [-0.2, 0) is 0 Å². The summed E-state index contributed by atoms with van der Waals surface area (Å²) in [5.74, 6) is -2.94. The first kappa shape index (κ1) is 10.6. The predicted molar refractivity (Wildman–Crippen MR) is 52.9 cm³/mol. The van der Waals surface area contributed by atoms with Crippen LogP contribution in [0.25, 0.3) is 10.6 Å². The first-order valence-corrected chi connectivity index (χ1v) is 5.28. The van der Waals surface area contributed by atoms with Gasteiger partial charge in [-0.05, 0) is 27.5 Å². The molecule has 0 bridgehead atoms. The van der Waals surface area contributed by atoms with E-state index in [0.29, 0.717) is 12.1 Å². The summed E-state index contributed by atoms with van der Waals surface area (Å²) in [6.45, 7) is 0. The van der Waals surface area contributed by atoms with Crippen LogP contribution in [0.5, 0.6) is 0 Å². The van der Waals surface area contributed by atoms with Gasteiger partial charge < -0.3 is 0 Å². The van der Waals surface area contributed by atoms with Crippen molar-refractivity contribution < 1.29 is 13.2 Å². The molecule has 0 spiro atoms. The van der Waals surface area contributed by atoms with Crippen LogP contribution < -0.4 is 0 Å². The van der Waals surface area contributed by atoms with Crippen molar-refractivity contribution in [2.75, 3.05) is 0 Å². The van der Waals surface area contributed by atoms with Crippen molar-refractivity contribution in [1.29, 1.82) is 0 Å². The summed E-state index contributed by atoms with van der Waals surface area (Å²) >= 11 is 3.79. The lowest BCUT2D eigenvalue weighted by Crippen LogP contribution is -1.91. The molecule has 0 aliphatic heterocycles. The lowest BCUT2D eigenvalue weighted by Gasteiger charge is -2.00. The maximum Gasteiger partial charge on any atom is 0.209 e. The van der Waals surface area contributed by atoms with Gasteiger partial charge in [0.2, 0.25) is 4.73 Å². The zero-order valence-electron chi connectivity index (χ0n) is 6.97. The van der Waals surface area contributed by atoms with Gasteiger partial charge in [-0.2, -0.15) is 4.37 Å². The summed E-state index contributed by atoms with van der Waals surface area (Å²) in [4.78, 5) is 3.75. The fraction of sp³-hybridized carbons (Fsp3) is 0. The summed E-state index contributed by atoms with van der Waals surface area (Å²) in [6.07, 6.45) is 0. The molecule has 7 heteroatoms. The molecule has 2 nitrogen and oxygen atoms in total. The Labute approximate surface area is 95.1 Å². The van der Waals surface area contributed by atoms with E-state index >= 15 is 0 Å². The Kier molecular flexibility index (Phi) is 2.74. The minimum absolute atomic E-state index is 0.0666. The number of nitrogens with zero attached hydrogens (tertiary/aromatic N) is 2. The van der Waals surface area contributed by atoms with Crippen molar-refractivity contribution in [3.8, 4) is 10.6 Å². The van der Waals surface area contributed by atoms with Crippen molar-refractivity contribution in [1.82, 2.24) is 9.36 Å². The van der Waals surface area contributed by atoms with E-state index in [1.165, 1.54) is 0 Å². The van der Waals surface area contributed by atoms with E-state index in [1.54, 1.807) is 0 Å². The van der Waals surface area contributed by atoms with Gasteiger partial charge in [0.15, 0.2) is 5.01 Å². The van der Waals surface area contributed by atoms with E-state index in [-0.39, 0.29) is 15.3 Å². The Balaban J connectivity index is 2.62. The summed E-state index contributed by atoms with van der Waals surface area (Å²) in [5, 5.41) is 0.0666. The topological polar surface area (TPSA) is 25.8 Å². The van der Waals surface area contributed by atoms with Gasteiger partial charge in [0, 0.05) is 12.1 Å². The van der Waals surface area contributed by atoms with Crippen LogP contribution in [0.4, 0.5) is 13.2 Å². The van der Waals surface area contributed by atoms with Crippen LogP contribution in [0.1, 0.15) is 0 Å². The second-order valence-corrected chi connectivity index (χ2v) is 4.07. The summed E-state index contributed by atoms with van der Waals surface area (Å²) in [5.41, 5.74) is -0.361. The van der Waals surface area contributed by atoms with Crippen molar-refractivity contribution in [2.45, 2.75) is 0 Å². The third-order valence-corrected chi connectivity index (χ3v) is 2.94. The van der Waals surface area contributed by atoms with Gasteiger partial charge in [-0.15, -0.1) is 0 Å². The van der Waals surface area contributed by atoms with Gasteiger partial charge in [0.05, 0.1) is 5.56 Å². The van der Waals surface area contributed by atoms with E-state index < -0.39 is 17.5 Å². The molecule has 1 aromatic carbocycles. The Morgan fingerprint density at radius 2 is 1.73 bits per heavy atom. The number of benzene rings is 1. The summed E-state index contributed by atoms with van der Waals surface area (Å²) in [7, 11) is 0. The van der Waals surface area contributed by atoms with E-state index in [0.717, 1.165) is 11.5 Å². The maximum atomic E-state index is 13.2. The standard InChI is InChI=1S/C8H2BrF3N2S/c9-8-13-7(15-14-8)6-4(11)1-3(10)2-5(6)12/h1-2H. The van der Waals surface area contributed by atoms with Gasteiger partial charge in [-0.25, -0.2) is 18.2 Å². The highest BCUT2D eigenvalue weighted by Crippen LogP contribution is 2.29. The molecule has 0 atom stereocenters. The highest BCUT2D eigenvalue weighted by atomic mass is 79.9. The zero-order valence-corrected chi connectivity index (χ0v) is 9.37. The first-order valence-electron chi connectivity index (χ1n) is 3.72. The van der Waals surface area contributed by atoms with Gasteiger partial charge in [0.1, 0.15) is 17.5 Å². The molecule has 0 saturated heterocycles. The molecule has 0 saturated carbocycles. The summed E-state index contributed by atoms with van der Waals surface area (Å²) < 4.78 is 43.1. The average Bonchev–Trinajstić information content (AvgIpc) is 2.49. The normalized spacial score (nSPS) is 10.7. The van der Waals surface area contributed by atoms with E-state index in [1.807, 2.05) is 0 Å². The molecule has 2 aromatic rings. The highest BCUT2D eigenvalue weighted by Gasteiger charge is 2.17. The molecule has 0 radical (unpaired) electrons. The molecule has 1 aromatic heterocycles. The van der Waals surface area contributed by atoms with Gasteiger partial charge in [-0.3, -0.25) is 0 Å². The molecule has 0 N–H and O–H groups in total. The second-order valence-electron chi connectivity index (χ2n) is 2.61. The van der Waals surface area contributed by atoms with Crippen LogP contribution in [-0.4, -0.2) is 9.36 Å². The molecule has 0 fully saturated rings. The van der Waals surface area contributed by atoms with Crippen LogP contribution >= 0.6 is 27.5 Å². The molecule has 1 heterocycles. The molecule has 2 rings (SSSR count). The van der Waals surface area contributed by atoms with Crippen LogP contribution in [0.15, 0.2) is 16.9 Å². The van der Waals surface area contributed by atoms with Crippen molar-refractivity contribution in [3.63, 3.8) is 0 Å². The molecular formula is C8H2BrF3N2S. The Morgan fingerprint density at radius 1 is 1.13 bits per heavy atom. The molecule has 15 heavy (non-hydrogen) atoms. The van der Waals surface area contributed by atoms with Crippen LogP contribution in [0.3, 0.4) is 0 Å².